The Bertz CT molecular complexity index is 322. The Labute approximate surface area is 118 Å². The van der Waals surface area contributed by atoms with Crippen LogP contribution in [-0.2, 0) is 14.3 Å². The van der Waals surface area contributed by atoms with E-state index in [0.717, 1.165) is 12.2 Å². The number of hydrogen-bond donors (Lipinski definition) is 1. The zero-order valence-electron chi connectivity index (χ0n) is 11.8. The van der Waals surface area contributed by atoms with Crippen LogP contribution in [0.4, 0.5) is 0 Å². The first-order valence-corrected chi connectivity index (χ1v) is 7.74. The van der Waals surface area contributed by atoms with E-state index in [1.807, 2.05) is 0 Å². The van der Waals surface area contributed by atoms with Crippen molar-refractivity contribution in [2.24, 2.45) is 5.92 Å². The number of methoxy groups -OCH3 is 1. The van der Waals surface area contributed by atoms with Gasteiger partial charge in [-0.1, -0.05) is 13.8 Å². The first-order chi connectivity index (χ1) is 8.95. The summed E-state index contributed by atoms with van der Waals surface area (Å²) in [6.45, 7) is 4.68. The first kappa shape index (κ1) is 16.3. The van der Waals surface area contributed by atoms with Gasteiger partial charge in [0, 0.05) is 20.1 Å². The van der Waals surface area contributed by atoms with Gasteiger partial charge in [0.15, 0.2) is 0 Å². The van der Waals surface area contributed by atoms with Gasteiger partial charge in [-0.15, -0.1) is 0 Å². The van der Waals surface area contributed by atoms with Crippen LogP contribution in [0.3, 0.4) is 0 Å². The molecule has 2 atom stereocenters. The molecular formula is C13H23NO4S. The van der Waals surface area contributed by atoms with E-state index in [4.69, 9.17) is 9.84 Å². The SMILES string of the molecule is COC1CC(C(=O)O)N(C(=O)CSCCC(C)C)C1. The van der Waals surface area contributed by atoms with Crippen LogP contribution in [0.1, 0.15) is 26.7 Å². The molecule has 0 aromatic carbocycles. The van der Waals surface area contributed by atoms with Gasteiger partial charge in [-0.05, 0) is 18.1 Å². The molecule has 0 bridgehead atoms. The maximum atomic E-state index is 12.1. The number of ether oxygens (including phenoxy) is 1. The Morgan fingerprint density at radius 2 is 2.16 bits per heavy atom. The molecule has 110 valence electrons. The lowest BCUT2D eigenvalue weighted by molar-refractivity contribution is -0.147. The molecule has 1 heterocycles. The van der Waals surface area contributed by atoms with Gasteiger partial charge in [-0.3, -0.25) is 4.79 Å². The first-order valence-electron chi connectivity index (χ1n) is 6.58. The molecule has 2 unspecified atom stereocenters. The molecule has 1 N–H and O–H groups in total. The molecular weight excluding hydrogens is 266 g/mol. The molecule has 6 heteroatoms. The third-order valence-electron chi connectivity index (χ3n) is 3.27. The van der Waals surface area contributed by atoms with E-state index in [-0.39, 0.29) is 12.0 Å². The van der Waals surface area contributed by atoms with Crippen LogP contribution in [0.2, 0.25) is 0 Å². The number of carbonyl (C=O) groups excluding carboxylic acids is 1. The summed E-state index contributed by atoms with van der Waals surface area (Å²) in [5.74, 6) is 0.870. The number of nitrogens with zero attached hydrogens (tertiary/aromatic N) is 1. The third-order valence-corrected chi connectivity index (χ3v) is 4.24. The van der Waals surface area contributed by atoms with Crippen molar-refractivity contribution in [3.05, 3.63) is 0 Å². The highest BCUT2D eigenvalue weighted by molar-refractivity contribution is 7.99. The summed E-state index contributed by atoms with van der Waals surface area (Å²) >= 11 is 1.57. The maximum Gasteiger partial charge on any atom is 0.326 e. The molecule has 1 aliphatic heterocycles. The predicted molar refractivity (Wildman–Crippen MR) is 75.3 cm³/mol. The summed E-state index contributed by atoms with van der Waals surface area (Å²) in [6.07, 6.45) is 1.29. The minimum Gasteiger partial charge on any atom is -0.480 e. The van der Waals surface area contributed by atoms with Gasteiger partial charge in [0.05, 0.1) is 11.9 Å². The molecule has 0 spiro atoms. The predicted octanol–water partition coefficient (Wildman–Crippen LogP) is 1.47. The molecule has 1 amide bonds. The van der Waals surface area contributed by atoms with Crippen molar-refractivity contribution in [2.45, 2.75) is 38.8 Å². The number of aliphatic carboxylic acids is 1. The zero-order valence-corrected chi connectivity index (χ0v) is 12.6. The second-order valence-corrected chi connectivity index (χ2v) is 6.33. The summed E-state index contributed by atoms with van der Waals surface area (Å²) in [7, 11) is 1.55. The quantitative estimate of drug-likeness (QED) is 0.719. The van der Waals surface area contributed by atoms with Gasteiger partial charge >= 0.3 is 5.97 Å². The smallest absolute Gasteiger partial charge is 0.326 e. The molecule has 1 fully saturated rings. The number of amides is 1. The van der Waals surface area contributed by atoms with Gasteiger partial charge in [0.1, 0.15) is 6.04 Å². The number of carbonyl (C=O) groups is 2. The highest BCUT2D eigenvalue weighted by atomic mass is 32.2. The van der Waals surface area contributed by atoms with Gasteiger partial charge in [0.2, 0.25) is 5.91 Å². The fourth-order valence-electron chi connectivity index (χ4n) is 2.04. The minimum atomic E-state index is -0.944. The average molecular weight is 289 g/mol. The van der Waals surface area contributed by atoms with Gasteiger partial charge < -0.3 is 14.7 Å². The number of carboxylic acid groups (broad SMARTS) is 1. The molecule has 19 heavy (non-hydrogen) atoms. The van der Waals surface area contributed by atoms with Crippen molar-refractivity contribution in [3.8, 4) is 0 Å². The van der Waals surface area contributed by atoms with Crippen LogP contribution in [0.25, 0.3) is 0 Å². The van der Waals surface area contributed by atoms with E-state index in [9.17, 15) is 9.59 Å². The second kappa shape index (κ2) is 7.75. The second-order valence-electron chi connectivity index (χ2n) is 5.23. The monoisotopic (exact) mass is 289 g/mol. The van der Waals surface area contributed by atoms with Crippen LogP contribution in [-0.4, -0.2) is 59.2 Å². The van der Waals surface area contributed by atoms with Crippen LogP contribution in [0, 0.1) is 5.92 Å². The van der Waals surface area contributed by atoms with Gasteiger partial charge in [-0.2, -0.15) is 11.8 Å². The van der Waals surface area contributed by atoms with Crippen LogP contribution >= 0.6 is 11.8 Å². The minimum absolute atomic E-state index is 0.0966. The van der Waals surface area contributed by atoms with Crippen LogP contribution in [0.5, 0.6) is 0 Å². The fraction of sp³-hybridized carbons (Fsp3) is 0.846. The Kier molecular flexibility index (Phi) is 6.65. The van der Waals surface area contributed by atoms with Crippen molar-refractivity contribution in [1.29, 1.82) is 0 Å². The number of carboxylic acids is 1. The molecule has 0 radical (unpaired) electrons. The highest BCUT2D eigenvalue weighted by Crippen LogP contribution is 2.21. The summed E-state index contributed by atoms with van der Waals surface area (Å²) in [6, 6.07) is -0.733. The summed E-state index contributed by atoms with van der Waals surface area (Å²) in [4.78, 5) is 24.6. The topological polar surface area (TPSA) is 66.8 Å². The third kappa shape index (κ3) is 5.03. The Hall–Kier alpha value is -0.750. The number of hydrogen-bond acceptors (Lipinski definition) is 4. The molecule has 0 aromatic rings. The Balaban J connectivity index is 2.43. The van der Waals surface area contributed by atoms with Crippen molar-refractivity contribution in [1.82, 2.24) is 4.90 Å². The lowest BCUT2D eigenvalue weighted by Crippen LogP contribution is -2.41. The standard InChI is InChI=1S/C13H23NO4S/c1-9(2)4-5-19-8-12(15)14-7-10(18-3)6-11(14)13(16)17/h9-11H,4-8H2,1-3H3,(H,16,17). The highest BCUT2D eigenvalue weighted by Gasteiger charge is 2.39. The van der Waals surface area contributed by atoms with E-state index in [1.54, 1.807) is 18.9 Å². The summed E-state index contributed by atoms with van der Waals surface area (Å²) < 4.78 is 5.17. The van der Waals surface area contributed by atoms with Crippen LogP contribution in [0.15, 0.2) is 0 Å². The molecule has 0 aliphatic carbocycles. The fourth-order valence-corrected chi connectivity index (χ4v) is 3.16. The Morgan fingerprint density at radius 1 is 1.47 bits per heavy atom. The molecule has 0 saturated carbocycles. The normalized spacial score (nSPS) is 23.1. The lowest BCUT2D eigenvalue weighted by atomic mass is 10.2. The van der Waals surface area contributed by atoms with E-state index in [1.165, 1.54) is 4.90 Å². The zero-order chi connectivity index (χ0) is 14.4. The number of likely N-dealkylation sites (tertiary alicyclic amines) is 1. The number of rotatable bonds is 7. The Morgan fingerprint density at radius 3 is 2.68 bits per heavy atom. The van der Waals surface area contributed by atoms with E-state index >= 15 is 0 Å². The van der Waals surface area contributed by atoms with E-state index < -0.39 is 12.0 Å². The maximum absolute atomic E-state index is 12.1. The van der Waals surface area contributed by atoms with Crippen molar-refractivity contribution < 1.29 is 19.4 Å². The summed E-state index contributed by atoms with van der Waals surface area (Å²) in [5, 5.41) is 9.13. The summed E-state index contributed by atoms with van der Waals surface area (Å²) in [5.41, 5.74) is 0. The van der Waals surface area contributed by atoms with Crippen molar-refractivity contribution >= 4 is 23.6 Å². The van der Waals surface area contributed by atoms with E-state index in [2.05, 4.69) is 13.8 Å². The largest absolute Gasteiger partial charge is 0.480 e. The van der Waals surface area contributed by atoms with Gasteiger partial charge in [0.25, 0.3) is 0 Å². The molecule has 5 nitrogen and oxygen atoms in total. The molecule has 0 aromatic heterocycles. The van der Waals surface area contributed by atoms with Crippen LogP contribution < -0.4 is 0 Å². The van der Waals surface area contributed by atoms with E-state index in [0.29, 0.717) is 24.6 Å². The molecule has 1 saturated heterocycles. The van der Waals surface area contributed by atoms with Crippen molar-refractivity contribution in [3.63, 3.8) is 0 Å². The lowest BCUT2D eigenvalue weighted by Gasteiger charge is -2.21. The van der Waals surface area contributed by atoms with Gasteiger partial charge in [-0.25, -0.2) is 4.79 Å². The number of thioether (sulfide) groups is 1. The molecule has 1 rings (SSSR count). The molecule has 1 aliphatic rings. The average Bonchev–Trinajstić information content (AvgIpc) is 2.78. The van der Waals surface area contributed by atoms with Crippen molar-refractivity contribution in [2.75, 3.05) is 25.2 Å².